The van der Waals surface area contributed by atoms with Gasteiger partial charge in [-0.2, -0.15) is 0 Å². The molecular weight excluding hydrogens is 486 g/mol. The van der Waals surface area contributed by atoms with Crippen molar-refractivity contribution in [3.63, 3.8) is 0 Å². The van der Waals surface area contributed by atoms with Crippen LogP contribution in [-0.4, -0.2) is 46.0 Å². The van der Waals surface area contributed by atoms with Crippen LogP contribution in [-0.2, 0) is 0 Å². The second kappa shape index (κ2) is 11.0. The van der Waals surface area contributed by atoms with E-state index in [0.717, 1.165) is 59.1 Å². The average molecular weight is 516 g/mol. The number of pyridine rings is 1. The first-order valence-corrected chi connectivity index (χ1v) is 13.0. The molecule has 0 aliphatic carbocycles. The number of benzene rings is 1. The van der Waals surface area contributed by atoms with Crippen molar-refractivity contribution in [1.29, 1.82) is 0 Å². The summed E-state index contributed by atoms with van der Waals surface area (Å²) in [6.45, 7) is 5.88. The van der Waals surface area contributed by atoms with E-state index in [1.807, 2.05) is 44.2 Å². The molecule has 0 saturated carbocycles. The molecule has 1 aliphatic rings. The van der Waals surface area contributed by atoms with Gasteiger partial charge in [0, 0.05) is 35.2 Å². The van der Waals surface area contributed by atoms with Crippen LogP contribution < -0.4 is 20.7 Å². The number of aryl methyl sites for hydroxylation is 2. The number of thiazole rings is 1. The molecule has 0 radical (unpaired) electrons. The Morgan fingerprint density at radius 3 is 2.76 bits per heavy atom. The number of nitrogens with zero attached hydrogens (tertiary/aromatic N) is 4. The SMILES string of the molecule is COc1cncc(-c2ccnc(Nc3cc(NC(=O)c4sc(C5CCNCC5)nc4C)ccc3C)n2)c1. The number of piperidine rings is 1. The maximum Gasteiger partial charge on any atom is 0.267 e. The van der Waals surface area contributed by atoms with Gasteiger partial charge in [-0.15, -0.1) is 11.3 Å². The van der Waals surface area contributed by atoms with Crippen molar-refractivity contribution in [3.8, 4) is 17.0 Å². The van der Waals surface area contributed by atoms with Gasteiger partial charge in [-0.25, -0.2) is 15.0 Å². The number of nitrogens with one attached hydrogen (secondary N) is 3. The number of carbonyl (C=O) groups excluding carboxylic acids is 1. The number of rotatable bonds is 7. The van der Waals surface area contributed by atoms with Gasteiger partial charge in [0.1, 0.15) is 10.6 Å². The maximum absolute atomic E-state index is 13.1. The van der Waals surface area contributed by atoms with Crippen molar-refractivity contribution in [2.24, 2.45) is 0 Å². The molecule has 1 aromatic carbocycles. The van der Waals surface area contributed by atoms with Gasteiger partial charge < -0.3 is 20.7 Å². The van der Waals surface area contributed by atoms with Gasteiger partial charge in [-0.1, -0.05) is 6.07 Å². The summed E-state index contributed by atoms with van der Waals surface area (Å²) in [5.41, 5.74) is 4.80. The number of hydrogen-bond acceptors (Lipinski definition) is 9. The summed E-state index contributed by atoms with van der Waals surface area (Å²) >= 11 is 1.50. The molecule has 5 rings (SSSR count). The lowest BCUT2D eigenvalue weighted by Gasteiger charge is -2.20. The van der Waals surface area contributed by atoms with Crippen LogP contribution in [0.5, 0.6) is 5.75 Å². The Kier molecular flexibility index (Phi) is 7.38. The number of ether oxygens (including phenoxy) is 1. The maximum atomic E-state index is 13.1. The number of methoxy groups -OCH3 is 1. The van der Waals surface area contributed by atoms with Crippen LogP contribution in [0.15, 0.2) is 48.9 Å². The molecule has 9 nitrogen and oxygen atoms in total. The molecule has 3 N–H and O–H groups in total. The van der Waals surface area contributed by atoms with Gasteiger partial charge in [0.15, 0.2) is 0 Å². The van der Waals surface area contributed by atoms with E-state index in [0.29, 0.717) is 28.2 Å². The Morgan fingerprint density at radius 1 is 1.11 bits per heavy atom. The Morgan fingerprint density at radius 2 is 1.95 bits per heavy atom. The van der Waals surface area contributed by atoms with E-state index in [9.17, 15) is 4.79 Å². The highest BCUT2D eigenvalue weighted by Crippen LogP contribution is 2.32. The number of aromatic nitrogens is 4. The van der Waals surface area contributed by atoms with E-state index in [2.05, 4.69) is 30.9 Å². The largest absolute Gasteiger partial charge is 0.495 e. The Bertz CT molecular complexity index is 1420. The summed E-state index contributed by atoms with van der Waals surface area (Å²) in [7, 11) is 1.60. The predicted molar refractivity (Wildman–Crippen MR) is 146 cm³/mol. The molecule has 4 aromatic rings. The Hall–Kier alpha value is -3.89. The monoisotopic (exact) mass is 515 g/mol. The van der Waals surface area contributed by atoms with Crippen LogP contribution in [0.25, 0.3) is 11.3 Å². The minimum Gasteiger partial charge on any atom is -0.495 e. The van der Waals surface area contributed by atoms with Crippen LogP contribution in [0.3, 0.4) is 0 Å². The summed E-state index contributed by atoms with van der Waals surface area (Å²) in [5, 5.41) is 10.8. The topological polar surface area (TPSA) is 114 Å². The third-order valence-electron chi connectivity index (χ3n) is 6.35. The summed E-state index contributed by atoms with van der Waals surface area (Å²) in [6, 6.07) is 9.43. The Balaban J connectivity index is 1.32. The normalized spacial score (nSPS) is 13.8. The third kappa shape index (κ3) is 5.76. The van der Waals surface area contributed by atoms with Gasteiger partial charge in [0.2, 0.25) is 5.95 Å². The lowest BCUT2D eigenvalue weighted by molar-refractivity contribution is 0.103. The summed E-state index contributed by atoms with van der Waals surface area (Å²) in [6.07, 6.45) is 7.18. The van der Waals surface area contributed by atoms with Gasteiger partial charge in [0.05, 0.1) is 29.7 Å². The lowest BCUT2D eigenvalue weighted by Crippen LogP contribution is -2.26. The van der Waals surface area contributed by atoms with E-state index in [4.69, 9.17) is 9.72 Å². The van der Waals surface area contributed by atoms with Crippen molar-refractivity contribution >= 4 is 34.6 Å². The smallest absolute Gasteiger partial charge is 0.267 e. The van der Waals surface area contributed by atoms with Crippen molar-refractivity contribution in [2.45, 2.75) is 32.6 Å². The molecule has 1 saturated heterocycles. The molecule has 0 spiro atoms. The summed E-state index contributed by atoms with van der Waals surface area (Å²) in [5.74, 6) is 1.37. The predicted octanol–water partition coefficient (Wildman–Crippen LogP) is 5.08. The molecule has 1 aliphatic heterocycles. The molecular formula is C27H29N7O2S. The molecule has 1 fully saturated rings. The molecule has 1 amide bonds. The zero-order chi connectivity index (χ0) is 25.8. The van der Waals surface area contributed by atoms with Crippen LogP contribution >= 0.6 is 11.3 Å². The zero-order valence-electron chi connectivity index (χ0n) is 21.0. The number of anilines is 3. The molecule has 0 atom stereocenters. The molecule has 190 valence electrons. The minimum atomic E-state index is -0.145. The second-order valence-corrected chi connectivity index (χ2v) is 10.0. The van der Waals surface area contributed by atoms with Gasteiger partial charge in [0.25, 0.3) is 5.91 Å². The zero-order valence-corrected chi connectivity index (χ0v) is 21.9. The fourth-order valence-electron chi connectivity index (χ4n) is 4.26. The van der Waals surface area contributed by atoms with E-state index in [-0.39, 0.29) is 5.91 Å². The highest BCUT2D eigenvalue weighted by atomic mass is 32.1. The standard InChI is InChI=1S/C27H29N7O2S/c1-16-4-5-20(32-25(35)24-17(2)31-26(37-24)18-6-9-28-10-7-18)13-23(16)34-27-30-11-8-22(33-27)19-12-21(36-3)15-29-14-19/h4-5,8,11-15,18,28H,6-7,9-10H2,1-3H3,(H,32,35)(H,30,33,34). The summed E-state index contributed by atoms with van der Waals surface area (Å²) in [4.78, 5) is 31.7. The average Bonchev–Trinajstić information content (AvgIpc) is 3.33. The van der Waals surface area contributed by atoms with Gasteiger partial charge in [-0.3, -0.25) is 9.78 Å². The van der Waals surface area contributed by atoms with Crippen LogP contribution in [0, 0.1) is 13.8 Å². The highest BCUT2D eigenvalue weighted by molar-refractivity contribution is 7.14. The molecule has 37 heavy (non-hydrogen) atoms. The molecule has 0 unspecified atom stereocenters. The summed E-state index contributed by atoms with van der Waals surface area (Å²) < 4.78 is 5.27. The van der Waals surface area contributed by atoms with Crippen molar-refractivity contribution in [3.05, 3.63) is 70.1 Å². The van der Waals surface area contributed by atoms with Crippen molar-refractivity contribution in [1.82, 2.24) is 25.3 Å². The first-order valence-electron chi connectivity index (χ1n) is 12.2. The minimum absolute atomic E-state index is 0.145. The molecule has 10 heteroatoms. The van der Waals surface area contributed by atoms with Crippen molar-refractivity contribution < 1.29 is 9.53 Å². The third-order valence-corrected chi connectivity index (χ3v) is 7.67. The number of hydrogen-bond donors (Lipinski definition) is 3. The lowest BCUT2D eigenvalue weighted by atomic mass is 9.99. The van der Waals surface area contributed by atoms with E-state index < -0.39 is 0 Å². The van der Waals surface area contributed by atoms with Crippen LogP contribution in [0.1, 0.15) is 44.7 Å². The fourth-order valence-corrected chi connectivity index (χ4v) is 5.40. The van der Waals surface area contributed by atoms with Gasteiger partial charge >= 0.3 is 0 Å². The Labute approximate surface area is 219 Å². The number of carbonyl (C=O) groups is 1. The number of amides is 1. The fraction of sp³-hybridized carbons (Fsp3) is 0.296. The molecule has 0 bridgehead atoms. The van der Waals surface area contributed by atoms with E-state index >= 15 is 0 Å². The van der Waals surface area contributed by atoms with Crippen LogP contribution in [0.2, 0.25) is 0 Å². The van der Waals surface area contributed by atoms with Crippen molar-refractivity contribution in [2.75, 3.05) is 30.8 Å². The second-order valence-electron chi connectivity index (χ2n) is 8.98. The quantitative estimate of drug-likeness (QED) is 0.312. The van der Waals surface area contributed by atoms with Gasteiger partial charge in [-0.05, 0) is 69.6 Å². The van der Waals surface area contributed by atoms with Crippen LogP contribution in [0.4, 0.5) is 17.3 Å². The first kappa shape index (κ1) is 24.8. The molecule has 4 heterocycles. The van der Waals surface area contributed by atoms with E-state index in [1.165, 1.54) is 11.3 Å². The van der Waals surface area contributed by atoms with E-state index in [1.54, 1.807) is 25.7 Å². The first-order chi connectivity index (χ1) is 18.0. The molecule has 3 aromatic heterocycles. The highest BCUT2D eigenvalue weighted by Gasteiger charge is 2.23.